The molecule has 1 fully saturated rings. The smallest absolute Gasteiger partial charge is 0.0948 e. The number of aromatic nitrogens is 2. The van der Waals surface area contributed by atoms with E-state index in [0.29, 0.717) is 0 Å². The van der Waals surface area contributed by atoms with E-state index >= 15 is 0 Å². The van der Waals surface area contributed by atoms with Gasteiger partial charge in [0.2, 0.25) is 0 Å². The average Bonchev–Trinajstić information content (AvgIpc) is 3.08. The number of hydrogen-bond acceptors (Lipinski definition) is 2. The molecule has 0 saturated carbocycles. The minimum atomic E-state index is 0.219. The number of nitrogens with zero attached hydrogens (tertiary/aromatic N) is 2. The lowest BCUT2D eigenvalue weighted by Crippen LogP contribution is -2.28. The molecular formula is C16H20ClN3. The van der Waals surface area contributed by atoms with Crippen molar-refractivity contribution in [3.05, 3.63) is 53.1 Å². The molecule has 1 atom stereocenters. The molecule has 1 saturated heterocycles. The summed E-state index contributed by atoms with van der Waals surface area (Å²) in [5.41, 5.74) is 2.87. The Labute approximate surface area is 125 Å². The summed E-state index contributed by atoms with van der Waals surface area (Å²) in [7, 11) is 0. The molecule has 106 valence electrons. The SMILES string of the molecule is CC1(c2cncn2CCc2ccc(Cl)cc2)CCNC1. The zero-order valence-corrected chi connectivity index (χ0v) is 12.5. The summed E-state index contributed by atoms with van der Waals surface area (Å²) in [5.74, 6) is 0. The van der Waals surface area contributed by atoms with E-state index in [2.05, 4.69) is 33.9 Å². The third kappa shape index (κ3) is 2.74. The lowest BCUT2D eigenvalue weighted by atomic mass is 9.86. The maximum atomic E-state index is 5.92. The highest BCUT2D eigenvalue weighted by Gasteiger charge is 2.33. The van der Waals surface area contributed by atoms with Crippen molar-refractivity contribution in [2.24, 2.45) is 0 Å². The Balaban J connectivity index is 1.72. The quantitative estimate of drug-likeness (QED) is 0.938. The molecule has 0 radical (unpaired) electrons. The Morgan fingerprint density at radius 2 is 2.15 bits per heavy atom. The van der Waals surface area contributed by atoms with Gasteiger partial charge < -0.3 is 9.88 Å². The molecule has 0 aliphatic carbocycles. The Kier molecular flexibility index (Phi) is 3.81. The minimum absolute atomic E-state index is 0.219. The molecule has 0 amide bonds. The first kappa shape index (κ1) is 13.7. The molecule has 1 unspecified atom stereocenters. The second-order valence-electron chi connectivity index (χ2n) is 5.84. The number of halogens is 1. The summed E-state index contributed by atoms with van der Waals surface area (Å²) in [6, 6.07) is 8.09. The standard InChI is InChI=1S/C16H20ClN3/c1-16(7-8-18-11-16)15-10-19-12-20(15)9-6-13-2-4-14(17)5-3-13/h2-5,10,12,18H,6-9,11H2,1H3. The largest absolute Gasteiger partial charge is 0.334 e. The highest BCUT2D eigenvalue weighted by molar-refractivity contribution is 6.30. The first-order chi connectivity index (χ1) is 9.67. The number of imidazole rings is 1. The van der Waals surface area contributed by atoms with Crippen LogP contribution in [0.1, 0.15) is 24.6 Å². The van der Waals surface area contributed by atoms with E-state index in [-0.39, 0.29) is 5.41 Å². The highest BCUT2D eigenvalue weighted by Crippen LogP contribution is 2.29. The van der Waals surface area contributed by atoms with Gasteiger partial charge in [0.25, 0.3) is 0 Å². The number of aryl methyl sites for hydroxylation is 2. The lowest BCUT2D eigenvalue weighted by Gasteiger charge is -2.24. The van der Waals surface area contributed by atoms with Gasteiger partial charge in [-0.05, 0) is 37.1 Å². The second-order valence-corrected chi connectivity index (χ2v) is 6.27. The van der Waals surface area contributed by atoms with Crippen LogP contribution in [0.3, 0.4) is 0 Å². The number of rotatable bonds is 4. The first-order valence-electron chi connectivity index (χ1n) is 7.13. The third-order valence-electron chi connectivity index (χ3n) is 4.25. The molecule has 3 rings (SSSR count). The molecule has 2 aromatic rings. The Morgan fingerprint density at radius 1 is 1.35 bits per heavy atom. The molecule has 3 nitrogen and oxygen atoms in total. The summed E-state index contributed by atoms with van der Waals surface area (Å²) in [6.07, 6.45) is 6.16. The summed E-state index contributed by atoms with van der Waals surface area (Å²) in [6.45, 7) is 5.42. The van der Waals surface area contributed by atoms with Gasteiger partial charge in [0.05, 0.1) is 6.33 Å². The zero-order valence-electron chi connectivity index (χ0n) is 11.8. The molecule has 1 aromatic heterocycles. The Hall–Kier alpha value is -1.32. The zero-order chi connectivity index (χ0) is 14.0. The van der Waals surface area contributed by atoms with E-state index in [1.54, 1.807) is 0 Å². The van der Waals surface area contributed by atoms with Gasteiger partial charge in [-0.1, -0.05) is 30.7 Å². The summed E-state index contributed by atoms with van der Waals surface area (Å²) < 4.78 is 2.29. The average molecular weight is 290 g/mol. The van der Waals surface area contributed by atoms with Crippen molar-refractivity contribution in [3.63, 3.8) is 0 Å². The minimum Gasteiger partial charge on any atom is -0.334 e. The molecule has 1 aromatic carbocycles. The maximum absolute atomic E-state index is 5.92. The molecule has 1 aliphatic heterocycles. The molecule has 4 heteroatoms. The van der Waals surface area contributed by atoms with Crippen molar-refractivity contribution in [2.45, 2.75) is 31.7 Å². The van der Waals surface area contributed by atoms with Crippen LogP contribution in [0.2, 0.25) is 5.02 Å². The van der Waals surface area contributed by atoms with E-state index in [9.17, 15) is 0 Å². The van der Waals surface area contributed by atoms with E-state index in [1.165, 1.54) is 17.7 Å². The van der Waals surface area contributed by atoms with Crippen LogP contribution >= 0.6 is 11.6 Å². The maximum Gasteiger partial charge on any atom is 0.0948 e. The molecule has 1 aliphatic rings. The molecule has 0 spiro atoms. The first-order valence-corrected chi connectivity index (χ1v) is 7.51. The van der Waals surface area contributed by atoms with Crippen LogP contribution in [-0.2, 0) is 18.4 Å². The van der Waals surface area contributed by atoms with Crippen LogP contribution in [-0.4, -0.2) is 22.6 Å². The third-order valence-corrected chi connectivity index (χ3v) is 4.51. The van der Waals surface area contributed by atoms with Crippen LogP contribution in [0.15, 0.2) is 36.8 Å². The topological polar surface area (TPSA) is 29.9 Å². The number of nitrogens with one attached hydrogen (secondary N) is 1. The van der Waals surface area contributed by atoms with Gasteiger partial charge in [-0.2, -0.15) is 0 Å². The van der Waals surface area contributed by atoms with Crippen molar-refractivity contribution in [1.29, 1.82) is 0 Å². The van der Waals surface area contributed by atoms with Gasteiger partial charge in [-0.3, -0.25) is 0 Å². The Bertz CT molecular complexity index is 568. The van der Waals surface area contributed by atoms with Gasteiger partial charge in [0, 0.05) is 35.4 Å². The van der Waals surface area contributed by atoms with E-state index in [4.69, 9.17) is 11.6 Å². The van der Waals surface area contributed by atoms with Gasteiger partial charge in [0.1, 0.15) is 0 Å². The van der Waals surface area contributed by atoms with Crippen molar-refractivity contribution >= 4 is 11.6 Å². The highest BCUT2D eigenvalue weighted by atomic mass is 35.5. The predicted octanol–water partition coefficient (Wildman–Crippen LogP) is 3.03. The van der Waals surface area contributed by atoms with Crippen molar-refractivity contribution in [1.82, 2.24) is 14.9 Å². The fourth-order valence-electron chi connectivity index (χ4n) is 2.94. The van der Waals surface area contributed by atoms with Crippen LogP contribution in [0, 0.1) is 0 Å². The second kappa shape index (κ2) is 5.58. The van der Waals surface area contributed by atoms with Gasteiger partial charge >= 0.3 is 0 Å². The van der Waals surface area contributed by atoms with Crippen LogP contribution in [0.5, 0.6) is 0 Å². The fourth-order valence-corrected chi connectivity index (χ4v) is 3.06. The van der Waals surface area contributed by atoms with Crippen molar-refractivity contribution in [3.8, 4) is 0 Å². The van der Waals surface area contributed by atoms with Crippen molar-refractivity contribution < 1.29 is 0 Å². The lowest BCUT2D eigenvalue weighted by molar-refractivity contribution is 0.472. The number of benzene rings is 1. The Morgan fingerprint density at radius 3 is 2.85 bits per heavy atom. The van der Waals surface area contributed by atoms with Crippen LogP contribution in [0.4, 0.5) is 0 Å². The molecule has 20 heavy (non-hydrogen) atoms. The molecule has 1 N–H and O–H groups in total. The van der Waals surface area contributed by atoms with Crippen molar-refractivity contribution in [2.75, 3.05) is 13.1 Å². The molecule has 0 bridgehead atoms. The summed E-state index contributed by atoms with van der Waals surface area (Å²) in [5, 5.41) is 4.25. The van der Waals surface area contributed by atoms with Gasteiger partial charge in [-0.15, -0.1) is 0 Å². The molecule has 2 heterocycles. The normalized spacial score (nSPS) is 22.3. The number of hydrogen-bond donors (Lipinski definition) is 1. The van der Waals surface area contributed by atoms with E-state index < -0.39 is 0 Å². The van der Waals surface area contributed by atoms with Gasteiger partial charge in [0.15, 0.2) is 0 Å². The summed E-state index contributed by atoms with van der Waals surface area (Å²) >= 11 is 5.92. The fraction of sp³-hybridized carbons (Fsp3) is 0.438. The predicted molar refractivity (Wildman–Crippen MR) is 82.2 cm³/mol. The van der Waals surface area contributed by atoms with Crippen LogP contribution < -0.4 is 5.32 Å². The summed E-state index contributed by atoms with van der Waals surface area (Å²) in [4.78, 5) is 4.35. The molecular weight excluding hydrogens is 270 g/mol. The van der Waals surface area contributed by atoms with E-state index in [0.717, 1.165) is 31.1 Å². The monoisotopic (exact) mass is 289 g/mol. The van der Waals surface area contributed by atoms with Gasteiger partial charge in [-0.25, -0.2) is 4.98 Å². The van der Waals surface area contributed by atoms with Crippen LogP contribution in [0.25, 0.3) is 0 Å². The van der Waals surface area contributed by atoms with E-state index in [1.807, 2.05) is 24.7 Å².